The molecule has 1 N–H and O–H groups in total. The number of fused-ring (bicyclic) bond motifs is 4. The smallest absolute Gasteiger partial charge is 0.303 e. The molecule has 8 nitrogen and oxygen atoms in total. The van der Waals surface area contributed by atoms with Crippen molar-refractivity contribution in [3.8, 4) is 11.3 Å². The molecule has 1 aromatic heterocycles. The molecule has 0 unspecified atom stereocenters. The van der Waals surface area contributed by atoms with Gasteiger partial charge in [-0.25, -0.2) is 4.72 Å². The molecule has 0 radical (unpaired) electrons. The van der Waals surface area contributed by atoms with Gasteiger partial charge in [0.25, 0.3) is 11.8 Å². The average molecular weight is 595 g/mol. The lowest BCUT2D eigenvalue weighted by Gasteiger charge is -2.24. The summed E-state index contributed by atoms with van der Waals surface area (Å²) in [5, 5.41) is 1.64. The predicted octanol–water partition coefficient (Wildman–Crippen LogP) is 5.57. The van der Waals surface area contributed by atoms with E-state index in [9.17, 15) is 18.0 Å². The molecular formula is C31H35ClN4O4S. The summed E-state index contributed by atoms with van der Waals surface area (Å²) >= 11 is 6.57. The molecule has 0 saturated heterocycles. The first kappa shape index (κ1) is 28.0. The third-order valence-corrected chi connectivity index (χ3v) is 10.5. The summed E-state index contributed by atoms with van der Waals surface area (Å²) in [6.45, 7) is 1.05. The van der Waals surface area contributed by atoms with Crippen molar-refractivity contribution in [2.45, 2.75) is 57.4 Å². The van der Waals surface area contributed by atoms with Crippen LogP contribution in [0.15, 0.2) is 42.0 Å². The molecule has 2 aliphatic heterocycles. The van der Waals surface area contributed by atoms with Crippen LogP contribution in [0.4, 0.5) is 0 Å². The SMILES string of the molecule is CN1CCCCN(C)S(=O)(=O)NC(=O)c2ccc3c(C4CCCCC4)c4n(c3c2)CC(=Cc2ccc(Cl)cc2-4)C1=O. The van der Waals surface area contributed by atoms with Gasteiger partial charge in [0.15, 0.2) is 0 Å². The number of benzene rings is 2. The minimum absolute atomic E-state index is 0.0678. The summed E-state index contributed by atoms with van der Waals surface area (Å²) in [6.07, 6.45) is 8.80. The van der Waals surface area contributed by atoms with Crippen LogP contribution in [0.5, 0.6) is 0 Å². The maximum atomic E-state index is 13.8. The highest BCUT2D eigenvalue weighted by molar-refractivity contribution is 7.87. The van der Waals surface area contributed by atoms with E-state index in [-0.39, 0.29) is 18.0 Å². The molecular weight excluding hydrogens is 560 g/mol. The van der Waals surface area contributed by atoms with Gasteiger partial charge in [-0.15, -0.1) is 0 Å². The standard InChI is InChI=1S/C31H35ClN4O4S/c1-34-14-6-7-15-35(2)41(39,40)33-30(37)22-11-13-25-27(17-22)36-19-23(31(34)38)16-21-10-12-24(32)18-26(21)29(36)28(25)20-8-4-3-5-9-20/h10-13,16-18,20H,3-9,14-15,19H2,1-2H3,(H,33,37). The van der Waals surface area contributed by atoms with E-state index < -0.39 is 16.1 Å². The highest BCUT2D eigenvalue weighted by Crippen LogP contribution is 2.47. The number of nitrogens with one attached hydrogen (secondary N) is 1. The maximum absolute atomic E-state index is 13.8. The Morgan fingerprint density at radius 2 is 1.68 bits per heavy atom. The number of aromatic nitrogens is 1. The number of carbonyl (C=O) groups is 2. The summed E-state index contributed by atoms with van der Waals surface area (Å²) in [4.78, 5) is 28.8. The Bertz CT molecular complexity index is 1690. The minimum atomic E-state index is -4.02. The van der Waals surface area contributed by atoms with Gasteiger partial charge in [0.2, 0.25) is 0 Å². The van der Waals surface area contributed by atoms with E-state index in [1.807, 2.05) is 30.3 Å². The van der Waals surface area contributed by atoms with E-state index in [2.05, 4.69) is 9.29 Å². The van der Waals surface area contributed by atoms with Crippen molar-refractivity contribution in [3.63, 3.8) is 0 Å². The van der Waals surface area contributed by atoms with Gasteiger partial charge in [-0.1, -0.05) is 43.0 Å². The summed E-state index contributed by atoms with van der Waals surface area (Å²) in [6, 6.07) is 11.2. The fraction of sp³-hybridized carbons (Fsp3) is 0.419. The molecule has 3 aromatic rings. The Labute approximate surface area is 246 Å². The minimum Gasteiger partial charge on any atom is -0.342 e. The zero-order valence-corrected chi connectivity index (χ0v) is 25.0. The molecule has 2 aromatic carbocycles. The van der Waals surface area contributed by atoms with Gasteiger partial charge in [-0.05, 0) is 73.1 Å². The third-order valence-electron chi connectivity index (χ3n) is 8.78. The van der Waals surface area contributed by atoms with Crippen molar-refractivity contribution in [1.29, 1.82) is 0 Å². The Hall–Kier alpha value is -3.14. The van der Waals surface area contributed by atoms with Crippen LogP contribution >= 0.6 is 11.6 Å². The van der Waals surface area contributed by atoms with Crippen molar-refractivity contribution >= 4 is 50.6 Å². The second-order valence-corrected chi connectivity index (χ2v) is 13.7. The van der Waals surface area contributed by atoms with Gasteiger partial charge in [0, 0.05) is 59.8 Å². The summed E-state index contributed by atoms with van der Waals surface area (Å²) in [5.41, 5.74) is 5.86. The summed E-state index contributed by atoms with van der Waals surface area (Å²) < 4.78 is 31.4. The van der Waals surface area contributed by atoms with Crippen LogP contribution in [0.1, 0.15) is 72.3 Å². The number of carbonyl (C=O) groups excluding carboxylic acids is 2. The third kappa shape index (κ3) is 5.19. The first-order chi connectivity index (χ1) is 19.6. The number of nitrogens with zero attached hydrogens (tertiary/aromatic N) is 3. The molecule has 2 amide bonds. The zero-order valence-electron chi connectivity index (χ0n) is 23.5. The van der Waals surface area contributed by atoms with Gasteiger partial charge in [0.1, 0.15) is 0 Å². The number of hydrogen-bond acceptors (Lipinski definition) is 4. The fourth-order valence-corrected chi connectivity index (χ4v) is 7.62. The van der Waals surface area contributed by atoms with Crippen LogP contribution in [-0.4, -0.2) is 61.2 Å². The quantitative estimate of drug-likeness (QED) is 0.399. The number of likely N-dealkylation sites (N-methyl/N-ethyl adjacent to an activating group) is 1. The molecule has 0 spiro atoms. The molecule has 0 atom stereocenters. The van der Waals surface area contributed by atoms with Crippen LogP contribution in [0, 0.1) is 0 Å². The number of halogens is 1. The molecule has 4 bridgehead atoms. The van der Waals surface area contributed by atoms with Crippen molar-refractivity contribution in [1.82, 2.24) is 18.5 Å². The first-order valence-electron chi connectivity index (χ1n) is 14.3. The number of amides is 2. The second-order valence-electron chi connectivity index (χ2n) is 11.5. The molecule has 41 heavy (non-hydrogen) atoms. The van der Waals surface area contributed by atoms with Crippen molar-refractivity contribution in [2.75, 3.05) is 27.2 Å². The Kier molecular flexibility index (Phi) is 7.46. The van der Waals surface area contributed by atoms with Gasteiger partial charge in [-0.3, -0.25) is 9.59 Å². The lowest BCUT2D eigenvalue weighted by molar-refractivity contribution is -0.126. The molecule has 10 heteroatoms. The summed E-state index contributed by atoms with van der Waals surface area (Å²) in [5.74, 6) is -0.414. The van der Waals surface area contributed by atoms with Crippen LogP contribution < -0.4 is 4.72 Å². The highest BCUT2D eigenvalue weighted by Gasteiger charge is 2.31. The van der Waals surface area contributed by atoms with E-state index in [1.54, 1.807) is 24.1 Å². The predicted molar refractivity (Wildman–Crippen MR) is 162 cm³/mol. The highest BCUT2D eigenvalue weighted by atomic mass is 35.5. The molecule has 3 aliphatic rings. The molecule has 216 valence electrons. The zero-order chi connectivity index (χ0) is 28.9. The van der Waals surface area contributed by atoms with Crippen molar-refractivity contribution < 1.29 is 18.0 Å². The van der Waals surface area contributed by atoms with Gasteiger partial charge in [0.05, 0.1) is 12.2 Å². The molecule has 1 aliphatic carbocycles. The van der Waals surface area contributed by atoms with Crippen LogP contribution in [0.25, 0.3) is 28.2 Å². The van der Waals surface area contributed by atoms with E-state index in [4.69, 9.17) is 11.6 Å². The summed E-state index contributed by atoms with van der Waals surface area (Å²) in [7, 11) is -0.772. The monoisotopic (exact) mass is 594 g/mol. The van der Waals surface area contributed by atoms with Crippen molar-refractivity contribution in [2.24, 2.45) is 0 Å². The van der Waals surface area contributed by atoms with Gasteiger partial charge < -0.3 is 9.47 Å². The molecule has 1 saturated carbocycles. The average Bonchev–Trinajstić information content (AvgIpc) is 3.18. The largest absolute Gasteiger partial charge is 0.342 e. The Morgan fingerprint density at radius 1 is 0.927 bits per heavy atom. The molecule has 6 rings (SSSR count). The normalized spacial score (nSPS) is 20.7. The van der Waals surface area contributed by atoms with Gasteiger partial charge >= 0.3 is 10.2 Å². The van der Waals surface area contributed by atoms with E-state index in [0.717, 1.165) is 57.7 Å². The van der Waals surface area contributed by atoms with E-state index >= 15 is 0 Å². The maximum Gasteiger partial charge on any atom is 0.303 e. The van der Waals surface area contributed by atoms with Crippen LogP contribution in [-0.2, 0) is 21.5 Å². The topological polar surface area (TPSA) is 91.7 Å². The second kappa shape index (κ2) is 10.9. The van der Waals surface area contributed by atoms with E-state index in [0.29, 0.717) is 42.4 Å². The van der Waals surface area contributed by atoms with Crippen LogP contribution in [0.3, 0.4) is 0 Å². The lowest BCUT2D eigenvalue weighted by atomic mass is 9.81. The Balaban J connectivity index is 1.63. The van der Waals surface area contributed by atoms with Crippen molar-refractivity contribution in [3.05, 3.63) is 63.7 Å². The lowest BCUT2D eigenvalue weighted by Crippen LogP contribution is -2.42. The fourth-order valence-electron chi connectivity index (χ4n) is 6.57. The molecule has 3 heterocycles. The first-order valence-corrected chi connectivity index (χ1v) is 16.2. The number of hydrogen-bond donors (Lipinski definition) is 1. The molecule has 1 fully saturated rings. The van der Waals surface area contributed by atoms with Crippen LogP contribution in [0.2, 0.25) is 5.02 Å². The Morgan fingerprint density at radius 3 is 2.46 bits per heavy atom. The number of rotatable bonds is 1. The van der Waals surface area contributed by atoms with Gasteiger partial charge in [-0.2, -0.15) is 12.7 Å². The van der Waals surface area contributed by atoms with E-state index in [1.165, 1.54) is 19.0 Å².